The number of allylic oxidation sites excluding steroid dienone is 1. The number of anilines is 1. The summed E-state index contributed by atoms with van der Waals surface area (Å²) in [6.07, 6.45) is 13.7. The van der Waals surface area contributed by atoms with Crippen LogP contribution >= 0.6 is 11.6 Å². The third kappa shape index (κ3) is 7.59. The molecule has 1 aromatic heterocycles. The van der Waals surface area contributed by atoms with Crippen molar-refractivity contribution in [2.24, 2.45) is 17.8 Å². The number of hydrogen-bond acceptors (Lipinski definition) is 8. The lowest BCUT2D eigenvalue weighted by molar-refractivity contribution is -0.0944. The third-order valence-corrected chi connectivity index (χ3v) is 14.0. The van der Waals surface area contributed by atoms with Crippen molar-refractivity contribution in [3.63, 3.8) is 0 Å². The van der Waals surface area contributed by atoms with Crippen LogP contribution < -0.4 is 14.4 Å². The maximum absolute atomic E-state index is 13.6. The predicted octanol–water partition coefficient (Wildman–Crippen LogP) is 6.23. The predicted molar refractivity (Wildman–Crippen MR) is 200 cm³/mol. The van der Waals surface area contributed by atoms with Crippen molar-refractivity contribution in [3.8, 4) is 5.75 Å². The van der Waals surface area contributed by atoms with Gasteiger partial charge in [-0.25, -0.2) is 18.1 Å². The number of fused-ring (bicyclic) bond motifs is 4. The van der Waals surface area contributed by atoms with Crippen molar-refractivity contribution in [1.29, 1.82) is 0 Å². The molecular weight excluding hydrogens is 686 g/mol. The summed E-state index contributed by atoms with van der Waals surface area (Å²) in [5.41, 5.74) is 2.79. The Morgan fingerprint density at radius 2 is 1.94 bits per heavy atom. The summed E-state index contributed by atoms with van der Waals surface area (Å²) in [7, 11) is -2.14. The van der Waals surface area contributed by atoms with Crippen LogP contribution in [-0.4, -0.2) is 72.9 Å². The van der Waals surface area contributed by atoms with Gasteiger partial charge in [-0.2, -0.15) is 0 Å². The Bertz CT molecular complexity index is 1880. The third-order valence-electron chi connectivity index (χ3n) is 11.8. The summed E-state index contributed by atoms with van der Waals surface area (Å²) in [6.45, 7) is 8.74. The molecule has 7 rings (SSSR count). The van der Waals surface area contributed by atoms with Gasteiger partial charge in [0.15, 0.2) is 0 Å². The molecule has 1 saturated carbocycles. The number of nitrogens with one attached hydrogen (secondary N) is 1. The van der Waals surface area contributed by atoms with Crippen molar-refractivity contribution in [3.05, 3.63) is 88.5 Å². The van der Waals surface area contributed by atoms with Gasteiger partial charge in [0, 0.05) is 62.8 Å². The molecule has 2 aromatic carbocycles. The highest BCUT2D eigenvalue weighted by molar-refractivity contribution is 7.90. The Morgan fingerprint density at radius 3 is 2.75 bits per heavy atom. The first-order valence-corrected chi connectivity index (χ1v) is 20.3. The Morgan fingerprint density at radius 1 is 1.08 bits per heavy atom. The van der Waals surface area contributed by atoms with Gasteiger partial charge in [-0.1, -0.05) is 36.7 Å². The molecule has 1 N–H and O–H groups in total. The van der Waals surface area contributed by atoms with E-state index in [1.165, 1.54) is 5.56 Å². The minimum Gasteiger partial charge on any atom is -0.487 e. The highest BCUT2D eigenvalue weighted by atomic mass is 35.5. The summed E-state index contributed by atoms with van der Waals surface area (Å²) in [5.74, 6) is 1.43. The van der Waals surface area contributed by atoms with Crippen LogP contribution in [0.3, 0.4) is 0 Å². The summed E-state index contributed by atoms with van der Waals surface area (Å²) in [5, 5.41) is -0.0764. The minimum absolute atomic E-state index is 0.234. The van der Waals surface area contributed by atoms with Crippen molar-refractivity contribution < 1.29 is 22.7 Å². The monoisotopic (exact) mass is 735 g/mol. The smallest absolute Gasteiger partial charge is 0.264 e. The van der Waals surface area contributed by atoms with E-state index in [-0.39, 0.29) is 11.8 Å². The molecule has 0 spiro atoms. The Balaban J connectivity index is 1.27. The number of benzene rings is 2. The van der Waals surface area contributed by atoms with Gasteiger partial charge in [0.2, 0.25) is 10.0 Å². The average Bonchev–Trinajstić information content (AvgIpc) is 3.56. The number of hydrogen-bond donors (Lipinski definition) is 1. The van der Waals surface area contributed by atoms with E-state index in [0.29, 0.717) is 35.3 Å². The molecule has 4 aliphatic rings. The van der Waals surface area contributed by atoms with Gasteiger partial charge in [-0.15, -0.1) is 0 Å². The zero-order chi connectivity index (χ0) is 35.8. The maximum Gasteiger partial charge on any atom is 0.264 e. The van der Waals surface area contributed by atoms with Gasteiger partial charge < -0.3 is 18.9 Å². The topological polar surface area (TPSA) is 106 Å². The molecule has 5 atom stereocenters. The number of halogens is 1. The number of aryl methyl sites for hydroxylation is 1. The zero-order valence-electron chi connectivity index (χ0n) is 29.9. The van der Waals surface area contributed by atoms with Gasteiger partial charge in [0.25, 0.3) is 5.91 Å². The normalized spacial score (nSPS) is 29.2. The molecule has 3 aromatic rings. The molecule has 1 fully saturated rings. The lowest BCUT2D eigenvalue weighted by Crippen LogP contribution is -2.57. The largest absolute Gasteiger partial charge is 0.487 e. The first kappa shape index (κ1) is 36.0. The van der Waals surface area contributed by atoms with Crippen LogP contribution in [-0.2, 0) is 40.9 Å². The Hall–Kier alpha value is -3.38. The first-order valence-electron chi connectivity index (χ1n) is 18.4. The van der Waals surface area contributed by atoms with E-state index in [0.717, 1.165) is 88.4 Å². The number of carbonyl (C=O) groups is 1. The second kappa shape index (κ2) is 14.9. The molecule has 274 valence electrons. The first-order chi connectivity index (χ1) is 24.5. The van der Waals surface area contributed by atoms with Crippen LogP contribution in [0.1, 0.15) is 73.3 Å². The fraction of sp³-hybridized carbons (Fsp3) is 0.538. The maximum atomic E-state index is 13.6. The molecule has 1 amide bonds. The zero-order valence-corrected chi connectivity index (χ0v) is 31.5. The second-order valence-electron chi connectivity index (χ2n) is 14.9. The van der Waals surface area contributed by atoms with E-state index in [2.05, 4.69) is 36.2 Å². The van der Waals surface area contributed by atoms with Crippen molar-refractivity contribution in [2.45, 2.75) is 82.9 Å². The van der Waals surface area contributed by atoms with Crippen LogP contribution in [0, 0.1) is 17.8 Å². The van der Waals surface area contributed by atoms with E-state index in [1.807, 2.05) is 56.8 Å². The number of rotatable bonds is 3. The van der Waals surface area contributed by atoms with Gasteiger partial charge in [-0.3, -0.25) is 9.69 Å². The molecule has 10 nitrogen and oxygen atoms in total. The molecular formula is C39H50ClN5O5S. The van der Waals surface area contributed by atoms with E-state index in [1.54, 1.807) is 13.0 Å². The molecule has 0 radical (unpaired) electrons. The fourth-order valence-corrected chi connectivity index (χ4v) is 9.82. The number of aromatic nitrogens is 2. The van der Waals surface area contributed by atoms with Gasteiger partial charge in [0.05, 0.1) is 17.5 Å². The lowest BCUT2D eigenvalue weighted by Gasteiger charge is -2.51. The van der Waals surface area contributed by atoms with Crippen molar-refractivity contribution >= 4 is 33.2 Å². The number of amides is 1. The van der Waals surface area contributed by atoms with Crippen LogP contribution in [0.15, 0.2) is 60.9 Å². The van der Waals surface area contributed by atoms with Gasteiger partial charge in [0.1, 0.15) is 23.8 Å². The standard InChI is InChI=1S/C39H50ClN5O5S/c1-27-7-6-15-39(49-3,26-43-19-20-44-18-16-41-37(44)24-43)34-13-10-31(34)23-45-17-5-4-8-29-21-33(40)12-9-32(29)25-50-36-14-11-30(22-35(36)45)38(46)42-51(47,48)28(27)2/h6,9,11-12,14-16,18,21-22,27-28,31,34H,4-5,7-8,10,13,17,19-20,23-26H2,1-3H3,(H,42,46)/b15-6+/t27-,28+,31-,34+,39+/m0/s1. The number of methoxy groups -OCH3 is 1. The number of imidazole rings is 1. The number of sulfonamides is 1. The summed E-state index contributed by atoms with van der Waals surface area (Å²) >= 11 is 6.40. The quantitative estimate of drug-likeness (QED) is 0.316. The van der Waals surface area contributed by atoms with E-state index >= 15 is 0 Å². The Labute approximate surface area is 307 Å². The minimum atomic E-state index is -3.96. The lowest BCUT2D eigenvalue weighted by atomic mass is 9.63. The van der Waals surface area contributed by atoms with Crippen LogP contribution in [0.4, 0.5) is 5.69 Å². The van der Waals surface area contributed by atoms with E-state index in [4.69, 9.17) is 21.1 Å². The summed E-state index contributed by atoms with van der Waals surface area (Å²) < 4.78 is 44.9. The number of carbonyl (C=O) groups excluding carboxylic acids is 1. The van der Waals surface area contributed by atoms with E-state index < -0.39 is 26.8 Å². The molecule has 3 aliphatic heterocycles. The molecule has 0 unspecified atom stereocenters. The molecule has 51 heavy (non-hydrogen) atoms. The highest BCUT2D eigenvalue weighted by Crippen LogP contribution is 2.47. The SMILES string of the molecule is CO[C@@]1(CN2CCn3ccnc3C2)/C=C/C[C@H](C)[C@@H](C)S(=O)(=O)NC(=O)c2ccc3c(c2)N(CCCCc2cc(Cl)ccc2CO3)C[C@@H]2CC[C@H]21. The highest BCUT2D eigenvalue weighted by Gasteiger charge is 2.48. The number of ether oxygens (including phenoxy) is 2. The second-order valence-corrected chi connectivity index (χ2v) is 17.4. The van der Waals surface area contributed by atoms with Gasteiger partial charge in [-0.05, 0) is 105 Å². The van der Waals surface area contributed by atoms with Crippen LogP contribution in [0.25, 0.3) is 0 Å². The molecule has 1 aliphatic carbocycles. The fourth-order valence-electron chi connectivity index (χ4n) is 8.34. The van der Waals surface area contributed by atoms with Gasteiger partial charge >= 0.3 is 0 Å². The molecule has 2 bridgehead atoms. The van der Waals surface area contributed by atoms with Crippen molar-refractivity contribution in [2.75, 3.05) is 38.2 Å². The van der Waals surface area contributed by atoms with E-state index in [9.17, 15) is 13.2 Å². The Kier molecular flexibility index (Phi) is 10.5. The molecule has 4 heterocycles. The summed E-state index contributed by atoms with van der Waals surface area (Å²) in [4.78, 5) is 23.0. The number of nitrogens with zero attached hydrogens (tertiary/aromatic N) is 4. The van der Waals surface area contributed by atoms with Crippen molar-refractivity contribution in [1.82, 2.24) is 19.2 Å². The average molecular weight is 736 g/mol. The summed E-state index contributed by atoms with van der Waals surface area (Å²) in [6, 6.07) is 11.2. The molecule has 12 heteroatoms. The molecule has 0 saturated heterocycles. The van der Waals surface area contributed by atoms with Crippen LogP contribution in [0.5, 0.6) is 5.75 Å². The van der Waals surface area contributed by atoms with Crippen LogP contribution in [0.2, 0.25) is 5.02 Å².